The van der Waals surface area contributed by atoms with Crippen molar-refractivity contribution in [3.8, 4) is 11.1 Å². The average Bonchev–Trinajstić information content (AvgIpc) is 3.17. The van der Waals surface area contributed by atoms with Crippen LogP contribution in [-0.4, -0.2) is 5.84 Å². The number of hydrogen-bond donors (Lipinski definition) is 1. The third-order valence-corrected chi connectivity index (χ3v) is 7.02. The molecule has 1 N–H and O–H groups in total. The smallest absolute Gasteiger partial charge is 0.0999 e. The Labute approximate surface area is 179 Å². The molecule has 1 aliphatic heterocycles. The van der Waals surface area contributed by atoms with E-state index in [4.69, 9.17) is 4.99 Å². The van der Waals surface area contributed by atoms with E-state index in [-0.39, 0.29) is 6.04 Å². The summed E-state index contributed by atoms with van der Waals surface area (Å²) in [4.78, 5) is 6.13. The van der Waals surface area contributed by atoms with E-state index >= 15 is 0 Å². The highest BCUT2D eigenvalue weighted by Crippen LogP contribution is 2.45. The van der Waals surface area contributed by atoms with Gasteiger partial charge in [0.2, 0.25) is 0 Å². The molecule has 0 radical (unpaired) electrons. The van der Waals surface area contributed by atoms with Gasteiger partial charge in [-0.25, -0.2) is 4.99 Å². The SMILES string of the molecule is CC1=Nc2c(sc3ccccc23)C(c2cccc(-c3ccc4ccccc4c3)c2)N1. The fraction of sp³-hybridized carbons (Fsp3) is 0.0741. The first kappa shape index (κ1) is 17.4. The Hall–Kier alpha value is -3.43. The molecule has 0 amide bonds. The van der Waals surface area contributed by atoms with Gasteiger partial charge in [-0.05, 0) is 52.6 Å². The van der Waals surface area contributed by atoms with Crippen molar-refractivity contribution < 1.29 is 0 Å². The normalized spacial score (nSPS) is 15.6. The van der Waals surface area contributed by atoms with Crippen LogP contribution >= 0.6 is 11.3 Å². The van der Waals surface area contributed by atoms with Gasteiger partial charge in [0, 0.05) is 10.1 Å². The van der Waals surface area contributed by atoms with Gasteiger partial charge in [0.05, 0.1) is 22.4 Å². The minimum Gasteiger partial charge on any atom is -0.362 e. The fourth-order valence-electron chi connectivity index (χ4n) is 4.34. The molecule has 4 aromatic carbocycles. The second kappa shape index (κ2) is 6.82. The zero-order valence-corrected chi connectivity index (χ0v) is 17.4. The lowest BCUT2D eigenvalue weighted by atomic mass is 9.96. The van der Waals surface area contributed by atoms with E-state index in [2.05, 4.69) is 103 Å². The summed E-state index contributed by atoms with van der Waals surface area (Å²) in [6.45, 7) is 2.05. The summed E-state index contributed by atoms with van der Waals surface area (Å²) in [5.74, 6) is 0.965. The highest BCUT2D eigenvalue weighted by atomic mass is 32.1. The van der Waals surface area contributed by atoms with E-state index in [1.165, 1.54) is 42.4 Å². The van der Waals surface area contributed by atoms with Crippen LogP contribution in [0.1, 0.15) is 23.4 Å². The minimum atomic E-state index is 0.121. The summed E-state index contributed by atoms with van der Waals surface area (Å²) >= 11 is 1.84. The molecular weight excluding hydrogens is 384 g/mol. The molecule has 1 unspecified atom stereocenters. The van der Waals surface area contributed by atoms with Crippen molar-refractivity contribution in [3.05, 3.63) is 101 Å². The molecule has 3 heteroatoms. The number of fused-ring (bicyclic) bond motifs is 4. The maximum absolute atomic E-state index is 4.84. The number of nitrogens with one attached hydrogen (secondary N) is 1. The Kier molecular flexibility index (Phi) is 3.96. The standard InChI is InChI=1S/C27H20N2S/c1-17-28-25(27-26(29-17)23-11-4-5-12-24(23)30-27)22-10-6-9-20(16-22)21-14-13-18-7-2-3-8-19(18)15-21/h2-16,25H,1H3,(H,28,29). The van der Waals surface area contributed by atoms with Gasteiger partial charge in [-0.1, -0.05) is 72.8 Å². The number of rotatable bonds is 2. The maximum Gasteiger partial charge on any atom is 0.0999 e. The zero-order valence-electron chi connectivity index (χ0n) is 16.6. The predicted octanol–water partition coefficient (Wildman–Crippen LogP) is 7.46. The van der Waals surface area contributed by atoms with Crippen LogP contribution in [-0.2, 0) is 0 Å². The number of amidine groups is 1. The quantitative estimate of drug-likeness (QED) is 0.324. The van der Waals surface area contributed by atoms with Gasteiger partial charge in [-0.2, -0.15) is 0 Å². The first-order chi connectivity index (χ1) is 14.8. The summed E-state index contributed by atoms with van der Waals surface area (Å²) in [5.41, 5.74) is 4.87. The van der Waals surface area contributed by atoms with Crippen molar-refractivity contribution >= 4 is 43.7 Å². The van der Waals surface area contributed by atoms with Gasteiger partial charge in [0.1, 0.15) is 0 Å². The van der Waals surface area contributed by atoms with Crippen LogP contribution in [0.5, 0.6) is 0 Å². The number of benzene rings is 4. The lowest BCUT2D eigenvalue weighted by molar-refractivity contribution is 0.762. The number of thiophene rings is 1. The van der Waals surface area contributed by atoms with Crippen LogP contribution in [0, 0.1) is 0 Å². The van der Waals surface area contributed by atoms with Crippen molar-refractivity contribution in [2.24, 2.45) is 4.99 Å². The van der Waals surface area contributed by atoms with Crippen LogP contribution in [0.4, 0.5) is 5.69 Å². The summed E-state index contributed by atoms with van der Waals surface area (Å²) in [5, 5.41) is 7.40. The lowest BCUT2D eigenvalue weighted by Crippen LogP contribution is -2.29. The zero-order chi connectivity index (χ0) is 20.1. The molecule has 0 fully saturated rings. The second-order valence-corrected chi connectivity index (χ2v) is 8.86. The molecule has 6 rings (SSSR count). The van der Waals surface area contributed by atoms with E-state index in [9.17, 15) is 0 Å². The molecule has 1 aromatic heterocycles. The molecular formula is C27H20N2S. The number of hydrogen-bond acceptors (Lipinski definition) is 3. The first-order valence-electron chi connectivity index (χ1n) is 10.2. The monoisotopic (exact) mass is 404 g/mol. The third-order valence-electron chi connectivity index (χ3n) is 5.79. The predicted molar refractivity (Wildman–Crippen MR) is 129 cm³/mol. The maximum atomic E-state index is 4.84. The summed E-state index contributed by atoms with van der Waals surface area (Å²) < 4.78 is 1.29. The molecule has 0 aliphatic carbocycles. The molecule has 2 heterocycles. The molecule has 30 heavy (non-hydrogen) atoms. The van der Waals surface area contributed by atoms with E-state index in [0.29, 0.717) is 0 Å². The van der Waals surface area contributed by atoms with Crippen molar-refractivity contribution in [1.82, 2.24) is 5.32 Å². The molecule has 0 spiro atoms. The van der Waals surface area contributed by atoms with Crippen molar-refractivity contribution in [1.29, 1.82) is 0 Å². The molecule has 5 aromatic rings. The Morgan fingerprint density at radius 3 is 2.50 bits per heavy atom. The molecule has 1 atom stereocenters. The topological polar surface area (TPSA) is 24.4 Å². The van der Waals surface area contributed by atoms with Crippen LogP contribution in [0.3, 0.4) is 0 Å². The molecule has 0 saturated carbocycles. The second-order valence-electron chi connectivity index (χ2n) is 7.77. The average molecular weight is 405 g/mol. The molecule has 2 nitrogen and oxygen atoms in total. The highest BCUT2D eigenvalue weighted by molar-refractivity contribution is 7.19. The molecule has 0 saturated heterocycles. The molecule has 144 valence electrons. The Morgan fingerprint density at radius 2 is 1.57 bits per heavy atom. The van der Waals surface area contributed by atoms with Gasteiger partial charge < -0.3 is 5.32 Å². The lowest BCUT2D eigenvalue weighted by Gasteiger charge is -2.24. The van der Waals surface area contributed by atoms with E-state index < -0.39 is 0 Å². The van der Waals surface area contributed by atoms with Gasteiger partial charge >= 0.3 is 0 Å². The molecule has 0 bridgehead atoms. The van der Waals surface area contributed by atoms with Crippen LogP contribution in [0.15, 0.2) is 96.0 Å². The number of nitrogens with zero attached hydrogens (tertiary/aromatic N) is 1. The van der Waals surface area contributed by atoms with Crippen molar-refractivity contribution in [3.63, 3.8) is 0 Å². The van der Waals surface area contributed by atoms with Crippen molar-refractivity contribution in [2.45, 2.75) is 13.0 Å². The minimum absolute atomic E-state index is 0.121. The fourth-order valence-corrected chi connectivity index (χ4v) is 5.56. The number of aliphatic imine (C=N–C) groups is 1. The third kappa shape index (κ3) is 2.82. The van der Waals surface area contributed by atoms with E-state index in [1.54, 1.807) is 0 Å². The van der Waals surface area contributed by atoms with Crippen LogP contribution in [0.25, 0.3) is 32.0 Å². The van der Waals surface area contributed by atoms with E-state index in [1.807, 2.05) is 11.3 Å². The van der Waals surface area contributed by atoms with Gasteiger partial charge in [0.25, 0.3) is 0 Å². The van der Waals surface area contributed by atoms with Gasteiger partial charge in [-0.3, -0.25) is 0 Å². The van der Waals surface area contributed by atoms with Crippen molar-refractivity contribution in [2.75, 3.05) is 0 Å². The summed E-state index contributed by atoms with van der Waals surface area (Å²) in [6.07, 6.45) is 0. The van der Waals surface area contributed by atoms with Gasteiger partial charge in [0.15, 0.2) is 0 Å². The highest BCUT2D eigenvalue weighted by Gasteiger charge is 2.26. The Morgan fingerprint density at radius 1 is 0.767 bits per heavy atom. The van der Waals surface area contributed by atoms with E-state index in [0.717, 1.165) is 11.5 Å². The summed E-state index contributed by atoms with van der Waals surface area (Å²) in [7, 11) is 0. The van der Waals surface area contributed by atoms with Gasteiger partial charge in [-0.15, -0.1) is 11.3 Å². The van der Waals surface area contributed by atoms with Crippen LogP contribution < -0.4 is 5.32 Å². The first-order valence-corrected chi connectivity index (χ1v) is 11.0. The van der Waals surface area contributed by atoms with Crippen LogP contribution in [0.2, 0.25) is 0 Å². The Bertz CT molecular complexity index is 1440. The summed E-state index contributed by atoms with van der Waals surface area (Å²) in [6, 6.07) is 32.8. The largest absolute Gasteiger partial charge is 0.362 e. The Balaban J connectivity index is 1.47. The molecule has 1 aliphatic rings.